The molecule has 0 aliphatic rings. The van der Waals surface area contributed by atoms with Gasteiger partial charge in [0, 0.05) is 7.11 Å². The first kappa shape index (κ1) is 13.1. The molecule has 1 atom stereocenters. The molecule has 96 valence electrons. The number of rotatable bonds is 5. The maximum absolute atomic E-state index is 8.89. The van der Waals surface area contributed by atoms with Gasteiger partial charge in [0.05, 0.1) is 6.07 Å². The minimum atomic E-state index is -0.525. The number of hydrogen-bond donors (Lipinski definition) is 0. The van der Waals surface area contributed by atoms with Crippen LogP contribution in [-0.4, -0.2) is 7.11 Å². The molecule has 0 radical (unpaired) electrons. The molecule has 0 unspecified atom stereocenters. The fourth-order valence-electron chi connectivity index (χ4n) is 1.74. The molecular formula is C16H15NO2. The van der Waals surface area contributed by atoms with Crippen LogP contribution >= 0.6 is 0 Å². The van der Waals surface area contributed by atoms with Gasteiger partial charge in [0.15, 0.2) is 6.10 Å². The Kier molecular flexibility index (Phi) is 4.54. The molecule has 0 aliphatic heterocycles. The molecular weight excluding hydrogens is 238 g/mol. The molecule has 2 aromatic carbocycles. The maximum atomic E-state index is 8.89. The average molecular weight is 253 g/mol. The summed E-state index contributed by atoms with van der Waals surface area (Å²) in [6.45, 7) is 0.534. The van der Waals surface area contributed by atoms with Crippen molar-refractivity contribution in [1.29, 1.82) is 5.26 Å². The third-order valence-corrected chi connectivity index (χ3v) is 2.78. The highest BCUT2D eigenvalue weighted by molar-refractivity contribution is 5.31. The van der Waals surface area contributed by atoms with E-state index in [-0.39, 0.29) is 0 Å². The summed E-state index contributed by atoms with van der Waals surface area (Å²) >= 11 is 0. The van der Waals surface area contributed by atoms with E-state index in [9.17, 15) is 0 Å². The van der Waals surface area contributed by atoms with Gasteiger partial charge in [0.1, 0.15) is 12.4 Å². The second kappa shape index (κ2) is 6.58. The number of benzene rings is 2. The summed E-state index contributed by atoms with van der Waals surface area (Å²) in [7, 11) is 1.52. The molecule has 3 nitrogen and oxygen atoms in total. The lowest BCUT2D eigenvalue weighted by Gasteiger charge is -2.09. The summed E-state index contributed by atoms with van der Waals surface area (Å²) in [6.07, 6.45) is -0.525. The van der Waals surface area contributed by atoms with Crippen LogP contribution in [0.4, 0.5) is 0 Å². The minimum Gasteiger partial charge on any atom is -0.489 e. The van der Waals surface area contributed by atoms with Gasteiger partial charge in [-0.1, -0.05) is 42.5 Å². The van der Waals surface area contributed by atoms with Crippen molar-refractivity contribution in [1.82, 2.24) is 0 Å². The Labute approximate surface area is 113 Å². The van der Waals surface area contributed by atoms with Crippen LogP contribution in [0.5, 0.6) is 5.75 Å². The molecule has 0 saturated carbocycles. The molecule has 0 aliphatic carbocycles. The molecule has 0 fully saturated rings. The molecule has 0 aromatic heterocycles. The lowest BCUT2D eigenvalue weighted by molar-refractivity contribution is 0.148. The van der Waals surface area contributed by atoms with Crippen molar-refractivity contribution < 1.29 is 9.47 Å². The highest BCUT2D eigenvalue weighted by Crippen LogP contribution is 2.20. The molecule has 0 bridgehead atoms. The smallest absolute Gasteiger partial charge is 0.168 e. The van der Waals surface area contributed by atoms with E-state index in [0.717, 1.165) is 16.9 Å². The van der Waals surface area contributed by atoms with E-state index < -0.39 is 6.10 Å². The average Bonchev–Trinajstić information content (AvgIpc) is 2.49. The van der Waals surface area contributed by atoms with Crippen molar-refractivity contribution in [3.8, 4) is 11.8 Å². The number of nitriles is 1. The summed E-state index contributed by atoms with van der Waals surface area (Å²) in [5, 5.41) is 8.89. The largest absolute Gasteiger partial charge is 0.489 e. The van der Waals surface area contributed by atoms with Crippen molar-refractivity contribution in [2.45, 2.75) is 12.7 Å². The lowest BCUT2D eigenvalue weighted by Crippen LogP contribution is -1.99. The zero-order chi connectivity index (χ0) is 13.5. The Morgan fingerprint density at radius 1 is 1.05 bits per heavy atom. The second-order valence-electron chi connectivity index (χ2n) is 4.09. The summed E-state index contributed by atoms with van der Waals surface area (Å²) in [4.78, 5) is 0. The summed E-state index contributed by atoms with van der Waals surface area (Å²) in [6, 6.07) is 19.5. The summed E-state index contributed by atoms with van der Waals surface area (Å²) in [5.41, 5.74) is 1.95. The van der Waals surface area contributed by atoms with E-state index in [0.29, 0.717) is 6.61 Å². The van der Waals surface area contributed by atoms with Crippen molar-refractivity contribution in [3.05, 3.63) is 65.7 Å². The van der Waals surface area contributed by atoms with Crippen LogP contribution in [0.15, 0.2) is 54.6 Å². The standard InChI is InChI=1S/C16H15NO2/c1-18-16(11-17)14-7-9-15(10-8-14)19-12-13-5-3-2-4-6-13/h2-10,16H,12H2,1H3/t16-/m0/s1. The quantitative estimate of drug-likeness (QED) is 0.819. The predicted molar refractivity (Wildman–Crippen MR) is 72.6 cm³/mol. The maximum Gasteiger partial charge on any atom is 0.168 e. The highest BCUT2D eigenvalue weighted by atomic mass is 16.5. The third kappa shape index (κ3) is 3.57. The Balaban J connectivity index is 1.98. The van der Waals surface area contributed by atoms with Gasteiger partial charge >= 0.3 is 0 Å². The fraction of sp³-hybridized carbons (Fsp3) is 0.188. The molecule has 3 heteroatoms. The van der Waals surface area contributed by atoms with Gasteiger partial charge in [-0.25, -0.2) is 0 Å². The Hall–Kier alpha value is -2.31. The number of nitrogens with zero attached hydrogens (tertiary/aromatic N) is 1. The van der Waals surface area contributed by atoms with Crippen LogP contribution in [0.2, 0.25) is 0 Å². The predicted octanol–water partition coefficient (Wildman–Crippen LogP) is 3.48. The zero-order valence-electron chi connectivity index (χ0n) is 10.7. The number of methoxy groups -OCH3 is 1. The Bertz CT molecular complexity index is 543. The van der Waals surface area contributed by atoms with E-state index in [4.69, 9.17) is 14.7 Å². The summed E-state index contributed by atoms with van der Waals surface area (Å²) in [5.74, 6) is 0.778. The van der Waals surface area contributed by atoms with Gasteiger partial charge in [-0.05, 0) is 23.3 Å². The van der Waals surface area contributed by atoms with Gasteiger partial charge in [-0.3, -0.25) is 0 Å². The van der Waals surface area contributed by atoms with E-state index in [1.165, 1.54) is 7.11 Å². The molecule has 0 heterocycles. The van der Waals surface area contributed by atoms with Crippen molar-refractivity contribution in [2.24, 2.45) is 0 Å². The first-order valence-electron chi connectivity index (χ1n) is 6.02. The van der Waals surface area contributed by atoms with Crippen LogP contribution in [0, 0.1) is 11.3 Å². The van der Waals surface area contributed by atoms with Crippen molar-refractivity contribution in [3.63, 3.8) is 0 Å². The normalized spacial score (nSPS) is 11.6. The Morgan fingerprint density at radius 2 is 1.74 bits per heavy atom. The molecule has 0 N–H and O–H groups in total. The number of ether oxygens (including phenoxy) is 2. The SMILES string of the molecule is CO[C@@H](C#N)c1ccc(OCc2ccccc2)cc1. The van der Waals surface area contributed by atoms with Gasteiger partial charge in [0.2, 0.25) is 0 Å². The van der Waals surface area contributed by atoms with Gasteiger partial charge in [0.25, 0.3) is 0 Å². The van der Waals surface area contributed by atoms with Crippen LogP contribution in [-0.2, 0) is 11.3 Å². The van der Waals surface area contributed by atoms with Crippen molar-refractivity contribution >= 4 is 0 Å². The van der Waals surface area contributed by atoms with Gasteiger partial charge in [-0.15, -0.1) is 0 Å². The Morgan fingerprint density at radius 3 is 2.32 bits per heavy atom. The summed E-state index contributed by atoms with van der Waals surface area (Å²) < 4.78 is 10.7. The van der Waals surface area contributed by atoms with Gasteiger partial charge < -0.3 is 9.47 Å². The van der Waals surface area contributed by atoms with Gasteiger partial charge in [-0.2, -0.15) is 5.26 Å². The van der Waals surface area contributed by atoms with Crippen LogP contribution in [0.1, 0.15) is 17.2 Å². The third-order valence-electron chi connectivity index (χ3n) is 2.78. The van der Waals surface area contributed by atoms with Crippen molar-refractivity contribution in [2.75, 3.05) is 7.11 Å². The van der Waals surface area contributed by atoms with Crippen LogP contribution < -0.4 is 4.74 Å². The number of hydrogen-bond acceptors (Lipinski definition) is 3. The minimum absolute atomic E-state index is 0.525. The highest BCUT2D eigenvalue weighted by Gasteiger charge is 2.08. The topological polar surface area (TPSA) is 42.2 Å². The molecule has 2 aromatic rings. The zero-order valence-corrected chi connectivity index (χ0v) is 10.7. The van der Waals surface area contributed by atoms with Crippen LogP contribution in [0.25, 0.3) is 0 Å². The molecule has 19 heavy (non-hydrogen) atoms. The van der Waals surface area contributed by atoms with E-state index in [1.807, 2.05) is 54.6 Å². The van der Waals surface area contributed by atoms with E-state index >= 15 is 0 Å². The molecule has 0 amide bonds. The van der Waals surface area contributed by atoms with E-state index in [2.05, 4.69) is 6.07 Å². The molecule has 2 rings (SSSR count). The van der Waals surface area contributed by atoms with Crippen LogP contribution in [0.3, 0.4) is 0 Å². The fourth-order valence-corrected chi connectivity index (χ4v) is 1.74. The van der Waals surface area contributed by atoms with E-state index in [1.54, 1.807) is 0 Å². The molecule has 0 saturated heterocycles. The lowest BCUT2D eigenvalue weighted by atomic mass is 10.1. The first-order valence-corrected chi connectivity index (χ1v) is 6.02. The molecule has 0 spiro atoms. The first-order chi connectivity index (χ1) is 9.33. The monoisotopic (exact) mass is 253 g/mol. The second-order valence-corrected chi connectivity index (χ2v) is 4.09.